The van der Waals surface area contributed by atoms with Crippen molar-refractivity contribution in [1.82, 2.24) is 14.6 Å². The van der Waals surface area contributed by atoms with Crippen molar-refractivity contribution in [2.24, 2.45) is 5.41 Å². The molecule has 0 bridgehead atoms. The number of halogens is 1. The Hall–Kier alpha value is -1.55. The van der Waals surface area contributed by atoms with E-state index < -0.39 is 66.9 Å². The molecule has 0 saturated carbocycles. The molecule has 0 aromatic carbocycles. The van der Waals surface area contributed by atoms with Crippen molar-refractivity contribution in [3.8, 4) is 0 Å². The highest BCUT2D eigenvalue weighted by molar-refractivity contribution is 8.13. The van der Waals surface area contributed by atoms with Crippen molar-refractivity contribution in [3.63, 3.8) is 0 Å². The number of thioether (sulfide) groups is 1. The SMILES string of the molecule is CC(C)OC(=O)[C@H](C)N[P@](=O)(OCCSC(=O)C(C)(C)CO)OC[C@H]1O[C@@H](n2ccc(N)nc2=O)[C@](C)(Cl)[C@@H]1O. The number of esters is 1. The molecule has 0 radical (unpaired) electrons. The summed E-state index contributed by atoms with van der Waals surface area (Å²) >= 11 is 7.43. The Balaban J connectivity index is 2.16. The van der Waals surface area contributed by atoms with Crippen LogP contribution in [-0.4, -0.2) is 85.7 Å². The number of alkyl halides is 1. The fourth-order valence-corrected chi connectivity index (χ4v) is 6.12. The number of aliphatic hydroxyl groups is 2. The summed E-state index contributed by atoms with van der Waals surface area (Å²) in [7, 11) is -4.27. The normalized spacial score (nSPS) is 25.5. The first kappa shape index (κ1) is 34.7. The Labute approximate surface area is 241 Å². The lowest BCUT2D eigenvalue weighted by atomic mass is 9.97. The maximum Gasteiger partial charge on any atom is 0.406 e. The third kappa shape index (κ3) is 8.97. The van der Waals surface area contributed by atoms with Crippen LogP contribution in [0.5, 0.6) is 0 Å². The molecule has 14 nitrogen and oxygen atoms in total. The third-order valence-corrected chi connectivity index (χ3v) is 9.12. The van der Waals surface area contributed by atoms with Gasteiger partial charge in [-0.15, -0.1) is 11.6 Å². The molecule has 0 aliphatic carbocycles. The van der Waals surface area contributed by atoms with Crippen LogP contribution in [0, 0.1) is 5.41 Å². The van der Waals surface area contributed by atoms with Gasteiger partial charge in [-0.25, -0.2) is 14.4 Å². The highest BCUT2D eigenvalue weighted by atomic mass is 35.5. The lowest BCUT2D eigenvalue weighted by Gasteiger charge is -2.26. The van der Waals surface area contributed by atoms with Gasteiger partial charge in [-0.3, -0.25) is 23.2 Å². The third-order valence-electron chi connectivity index (χ3n) is 5.81. The fraction of sp³-hybridized carbons (Fsp3) is 0.739. The summed E-state index contributed by atoms with van der Waals surface area (Å²) in [6.45, 7) is 8.23. The summed E-state index contributed by atoms with van der Waals surface area (Å²) in [5.41, 5.74) is 3.82. The number of carbonyl (C=O) groups is 2. The van der Waals surface area contributed by atoms with Gasteiger partial charge in [0.25, 0.3) is 0 Å². The predicted octanol–water partition coefficient (Wildman–Crippen LogP) is 1.43. The summed E-state index contributed by atoms with van der Waals surface area (Å²) < 4.78 is 36.7. The minimum absolute atomic E-state index is 0.00924. The molecule has 2 heterocycles. The van der Waals surface area contributed by atoms with Crippen LogP contribution in [0.1, 0.15) is 47.8 Å². The number of ether oxygens (including phenoxy) is 2. The van der Waals surface area contributed by atoms with Gasteiger partial charge in [0, 0.05) is 11.9 Å². The minimum Gasteiger partial charge on any atom is -0.462 e. The van der Waals surface area contributed by atoms with Gasteiger partial charge >= 0.3 is 19.4 Å². The Morgan fingerprint density at radius 3 is 2.60 bits per heavy atom. The van der Waals surface area contributed by atoms with Gasteiger partial charge < -0.3 is 25.4 Å². The molecular formula is C23H38ClN4O10PS. The number of nitrogens with two attached hydrogens (primary N) is 1. The number of aromatic nitrogens is 2. The summed E-state index contributed by atoms with van der Waals surface area (Å²) in [5.74, 6) is -0.651. The molecule has 1 aromatic heterocycles. The van der Waals surface area contributed by atoms with Crippen LogP contribution in [0.15, 0.2) is 17.1 Å². The number of hydrogen-bond acceptors (Lipinski definition) is 13. The summed E-state index contributed by atoms with van der Waals surface area (Å²) in [6.07, 6.45) is -2.85. The quantitative estimate of drug-likeness (QED) is 0.0997. The zero-order valence-corrected chi connectivity index (χ0v) is 25.7. The van der Waals surface area contributed by atoms with Crippen LogP contribution in [0.4, 0.5) is 5.82 Å². The Kier molecular flexibility index (Phi) is 12.2. The fourth-order valence-electron chi connectivity index (χ4n) is 3.41. The molecule has 0 amide bonds. The van der Waals surface area contributed by atoms with Gasteiger partial charge in [-0.05, 0) is 47.6 Å². The molecule has 6 atom stereocenters. The lowest BCUT2D eigenvalue weighted by Crippen LogP contribution is -2.42. The first-order chi connectivity index (χ1) is 18.4. The molecule has 40 heavy (non-hydrogen) atoms. The highest BCUT2D eigenvalue weighted by Gasteiger charge is 2.54. The summed E-state index contributed by atoms with van der Waals surface area (Å²) in [6, 6.07) is 0.248. The van der Waals surface area contributed by atoms with E-state index in [0.29, 0.717) is 0 Å². The Morgan fingerprint density at radius 1 is 1.38 bits per heavy atom. The van der Waals surface area contributed by atoms with Crippen molar-refractivity contribution in [2.75, 3.05) is 31.3 Å². The molecule has 1 aliphatic heterocycles. The highest BCUT2D eigenvalue weighted by Crippen LogP contribution is 2.48. The lowest BCUT2D eigenvalue weighted by molar-refractivity contribution is -0.149. The van der Waals surface area contributed by atoms with Crippen LogP contribution in [0.3, 0.4) is 0 Å². The Morgan fingerprint density at radius 2 is 2.02 bits per heavy atom. The average molecular weight is 629 g/mol. The van der Waals surface area contributed by atoms with E-state index in [1.165, 1.54) is 26.1 Å². The average Bonchev–Trinajstić information content (AvgIpc) is 3.08. The number of nitrogen functional groups attached to an aromatic ring is 1. The second kappa shape index (κ2) is 14.1. The van der Waals surface area contributed by atoms with E-state index in [1.54, 1.807) is 27.7 Å². The zero-order chi connectivity index (χ0) is 30.5. The van der Waals surface area contributed by atoms with Crippen LogP contribution in [0.2, 0.25) is 0 Å². The second-order valence-electron chi connectivity index (χ2n) is 10.3. The number of aliphatic hydroxyl groups excluding tert-OH is 2. The maximum absolute atomic E-state index is 13.6. The molecule has 5 N–H and O–H groups in total. The van der Waals surface area contributed by atoms with Crippen LogP contribution in [-0.2, 0) is 32.7 Å². The van der Waals surface area contributed by atoms with Crippen LogP contribution >= 0.6 is 31.1 Å². The number of nitrogens with one attached hydrogen (secondary N) is 1. The summed E-state index contributed by atoms with van der Waals surface area (Å²) in [5, 5.41) is 22.4. The molecule has 1 aliphatic rings. The summed E-state index contributed by atoms with van der Waals surface area (Å²) in [4.78, 5) is 39.1. The second-order valence-corrected chi connectivity index (χ2v) is 14.0. The van der Waals surface area contributed by atoms with Crippen LogP contribution in [0.25, 0.3) is 0 Å². The van der Waals surface area contributed by atoms with E-state index in [-0.39, 0.29) is 29.9 Å². The van der Waals surface area contributed by atoms with Crippen molar-refractivity contribution in [2.45, 2.75) is 77.0 Å². The van der Waals surface area contributed by atoms with E-state index >= 15 is 0 Å². The van der Waals surface area contributed by atoms with Crippen molar-refractivity contribution in [3.05, 3.63) is 22.7 Å². The number of nitrogens with zero attached hydrogens (tertiary/aromatic N) is 2. The molecule has 0 spiro atoms. The number of anilines is 1. The first-order valence-corrected chi connectivity index (χ1v) is 15.4. The topological polar surface area (TPSA) is 202 Å². The van der Waals surface area contributed by atoms with Crippen molar-refractivity contribution >= 4 is 48.0 Å². The molecule has 1 fully saturated rings. The van der Waals surface area contributed by atoms with Gasteiger partial charge in [0.2, 0.25) is 0 Å². The van der Waals surface area contributed by atoms with Crippen LogP contribution < -0.4 is 16.5 Å². The van der Waals surface area contributed by atoms with E-state index in [1.807, 2.05) is 0 Å². The molecule has 1 aromatic rings. The smallest absolute Gasteiger partial charge is 0.406 e. The van der Waals surface area contributed by atoms with E-state index in [9.17, 15) is 29.2 Å². The standard InChI is InChI=1S/C23H38ClN4O10PS/c1-13(2)37-18(31)14(3)27-39(34,35-9-10-40-20(32)22(4,5)12-29)36-11-15-17(30)23(6,24)19(38-15)28-8-7-16(25)26-21(28)33/h7-8,13-15,17,19,29-30H,9-12H2,1-6H3,(H,27,34)(H2,25,26,33)/t14-,15+,17+,19+,23+,39-/m0/s1. The van der Waals surface area contributed by atoms with Gasteiger partial charge in [0.05, 0.1) is 31.3 Å². The predicted molar refractivity (Wildman–Crippen MR) is 149 cm³/mol. The maximum atomic E-state index is 13.6. The van der Waals surface area contributed by atoms with E-state index in [0.717, 1.165) is 16.3 Å². The number of hydrogen-bond donors (Lipinski definition) is 4. The molecule has 0 unspecified atom stereocenters. The van der Waals surface area contributed by atoms with Crippen molar-refractivity contribution < 1.29 is 42.9 Å². The first-order valence-electron chi connectivity index (χ1n) is 12.5. The molecular weight excluding hydrogens is 591 g/mol. The zero-order valence-electron chi connectivity index (χ0n) is 23.2. The van der Waals surface area contributed by atoms with Crippen molar-refractivity contribution in [1.29, 1.82) is 0 Å². The molecule has 228 valence electrons. The Bertz CT molecular complexity index is 1150. The van der Waals surface area contributed by atoms with Gasteiger partial charge in [0.15, 0.2) is 11.3 Å². The monoisotopic (exact) mass is 628 g/mol. The van der Waals surface area contributed by atoms with E-state index in [2.05, 4.69) is 10.1 Å². The largest absolute Gasteiger partial charge is 0.462 e. The number of rotatable bonds is 14. The molecule has 1 saturated heterocycles. The number of carbonyl (C=O) groups excluding carboxylic acids is 2. The van der Waals surface area contributed by atoms with E-state index in [4.69, 9.17) is 35.9 Å². The molecule has 2 rings (SSSR count). The van der Waals surface area contributed by atoms with Gasteiger partial charge in [-0.1, -0.05) is 11.8 Å². The molecule has 17 heteroatoms. The minimum atomic E-state index is -4.27. The van der Waals surface area contributed by atoms with Gasteiger partial charge in [0.1, 0.15) is 28.9 Å². The van der Waals surface area contributed by atoms with Gasteiger partial charge in [-0.2, -0.15) is 4.98 Å².